The van der Waals surface area contributed by atoms with Gasteiger partial charge in [0.2, 0.25) is 5.91 Å². The second kappa shape index (κ2) is 5.23. The number of carbonyl (C=O) groups excluding carboxylic acids is 1. The average Bonchev–Trinajstić information content (AvgIpc) is 2.85. The van der Waals surface area contributed by atoms with Gasteiger partial charge in [-0.2, -0.15) is 5.10 Å². The Bertz CT molecular complexity index is 704. The van der Waals surface area contributed by atoms with Crippen LogP contribution < -0.4 is 0 Å². The van der Waals surface area contributed by atoms with Gasteiger partial charge < -0.3 is 4.90 Å². The highest BCUT2D eigenvalue weighted by molar-refractivity contribution is 7.12. The number of thiophene rings is 1. The van der Waals surface area contributed by atoms with Gasteiger partial charge in [0, 0.05) is 46.9 Å². The minimum Gasteiger partial charge on any atom is -0.335 e. The normalized spacial score (nSPS) is 27.4. The lowest BCUT2D eigenvalue weighted by Crippen LogP contribution is -2.32. The van der Waals surface area contributed by atoms with Crippen molar-refractivity contribution < 1.29 is 4.79 Å². The van der Waals surface area contributed by atoms with E-state index < -0.39 is 0 Å². The van der Waals surface area contributed by atoms with E-state index in [1.54, 1.807) is 0 Å². The molecule has 1 aliphatic heterocycles. The van der Waals surface area contributed by atoms with Crippen LogP contribution in [0.2, 0.25) is 0 Å². The van der Waals surface area contributed by atoms with E-state index in [1.807, 2.05) is 35.5 Å². The third-order valence-corrected chi connectivity index (χ3v) is 6.01. The van der Waals surface area contributed by atoms with Gasteiger partial charge in [0.15, 0.2) is 0 Å². The Balaban J connectivity index is 1.48. The van der Waals surface area contributed by atoms with E-state index in [0.717, 1.165) is 25.8 Å². The van der Waals surface area contributed by atoms with Crippen LogP contribution in [0.3, 0.4) is 0 Å². The summed E-state index contributed by atoms with van der Waals surface area (Å²) in [5.41, 5.74) is 1.18. The van der Waals surface area contributed by atoms with E-state index in [2.05, 4.69) is 29.1 Å². The van der Waals surface area contributed by atoms with E-state index >= 15 is 0 Å². The summed E-state index contributed by atoms with van der Waals surface area (Å²) in [7, 11) is 1.93. The van der Waals surface area contributed by atoms with Crippen LogP contribution in [0.5, 0.6) is 0 Å². The molecule has 1 saturated heterocycles. The van der Waals surface area contributed by atoms with Gasteiger partial charge in [-0.1, -0.05) is 0 Å². The summed E-state index contributed by atoms with van der Waals surface area (Å²) in [6.45, 7) is 3.03. The summed E-state index contributed by atoms with van der Waals surface area (Å²) >= 11 is 1.84. The van der Waals surface area contributed by atoms with E-state index in [0.29, 0.717) is 11.8 Å². The Morgan fingerprint density at radius 3 is 2.95 bits per heavy atom. The molecule has 116 valence electrons. The van der Waals surface area contributed by atoms with Crippen LogP contribution in [-0.4, -0.2) is 27.1 Å². The number of likely N-dealkylation sites (tertiary alicyclic amines) is 1. The van der Waals surface area contributed by atoms with Crippen molar-refractivity contribution in [2.24, 2.45) is 13.0 Å². The lowest BCUT2D eigenvalue weighted by Gasteiger charge is -2.24. The molecular weight excluding hydrogens is 294 g/mol. The number of hydrogen-bond acceptors (Lipinski definition) is 3. The zero-order valence-corrected chi connectivity index (χ0v) is 13.8. The number of nitrogens with zero attached hydrogens (tertiary/aromatic N) is 3. The van der Waals surface area contributed by atoms with Crippen LogP contribution >= 0.6 is 11.3 Å². The summed E-state index contributed by atoms with van der Waals surface area (Å²) in [5.74, 6) is 1.01. The lowest BCUT2D eigenvalue weighted by molar-refractivity contribution is -0.133. The first kappa shape index (κ1) is 14.0. The van der Waals surface area contributed by atoms with Crippen molar-refractivity contribution in [1.29, 1.82) is 0 Å². The summed E-state index contributed by atoms with van der Waals surface area (Å²) in [6, 6.07) is 4.59. The predicted molar refractivity (Wildman–Crippen MR) is 86.8 cm³/mol. The molecule has 2 fully saturated rings. The fraction of sp³-hybridized carbons (Fsp3) is 0.529. The Hall–Kier alpha value is -1.62. The molecule has 3 unspecified atom stereocenters. The van der Waals surface area contributed by atoms with E-state index in [-0.39, 0.29) is 12.0 Å². The molecule has 3 atom stereocenters. The molecule has 1 amide bonds. The molecule has 0 N–H and O–H groups in total. The highest BCUT2D eigenvalue weighted by atomic mass is 32.1. The standard InChI is InChI=1S/C17H21N3OS/c1-11-5-6-16(22-11)13-8-14(13)17(21)20-7-3-4-15(20)12-9-18-19(2)10-12/h5-6,9-10,13-15H,3-4,7-8H2,1-2H3. The Kier molecular flexibility index (Phi) is 3.33. The molecule has 0 bridgehead atoms. The molecule has 2 aromatic rings. The number of rotatable bonds is 3. The molecular formula is C17H21N3OS. The highest BCUT2D eigenvalue weighted by Crippen LogP contribution is 2.51. The van der Waals surface area contributed by atoms with E-state index in [9.17, 15) is 4.79 Å². The molecule has 4 nitrogen and oxygen atoms in total. The van der Waals surface area contributed by atoms with Crippen molar-refractivity contribution in [1.82, 2.24) is 14.7 Å². The zero-order chi connectivity index (χ0) is 15.3. The number of aryl methyl sites for hydroxylation is 2. The van der Waals surface area contributed by atoms with Crippen LogP contribution in [-0.2, 0) is 11.8 Å². The molecule has 0 spiro atoms. The summed E-state index contributed by atoms with van der Waals surface area (Å²) in [6.07, 6.45) is 7.13. The van der Waals surface area contributed by atoms with Crippen molar-refractivity contribution in [3.63, 3.8) is 0 Å². The third kappa shape index (κ3) is 2.37. The van der Waals surface area contributed by atoms with Crippen molar-refractivity contribution in [2.45, 2.75) is 38.1 Å². The maximum Gasteiger partial charge on any atom is 0.226 e. The number of aromatic nitrogens is 2. The van der Waals surface area contributed by atoms with Gasteiger partial charge in [-0.25, -0.2) is 0 Å². The monoisotopic (exact) mass is 315 g/mol. The van der Waals surface area contributed by atoms with Gasteiger partial charge in [-0.05, 0) is 38.3 Å². The summed E-state index contributed by atoms with van der Waals surface area (Å²) < 4.78 is 1.82. The molecule has 2 aliphatic rings. The molecule has 0 aromatic carbocycles. The molecule has 5 heteroatoms. The zero-order valence-electron chi connectivity index (χ0n) is 13.0. The fourth-order valence-corrected chi connectivity index (χ4v) is 4.69. The molecule has 2 aromatic heterocycles. The molecule has 1 aliphatic carbocycles. The SMILES string of the molecule is Cc1ccc(C2CC2C(=O)N2CCCC2c2cnn(C)c2)s1. The van der Waals surface area contributed by atoms with Crippen LogP contribution in [0.1, 0.15) is 46.5 Å². The van der Waals surface area contributed by atoms with Crippen molar-refractivity contribution >= 4 is 17.2 Å². The molecule has 1 saturated carbocycles. The quantitative estimate of drug-likeness (QED) is 0.872. The van der Waals surface area contributed by atoms with Gasteiger partial charge in [-0.15, -0.1) is 11.3 Å². The smallest absolute Gasteiger partial charge is 0.226 e. The second-order valence-corrected chi connectivity index (χ2v) is 7.85. The minimum absolute atomic E-state index is 0.204. The van der Waals surface area contributed by atoms with Crippen molar-refractivity contribution in [3.05, 3.63) is 39.8 Å². The lowest BCUT2D eigenvalue weighted by atomic mass is 10.1. The molecule has 3 heterocycles. The van der Waals surface area contributed by atoms with Crippen LogP contribution in [0.15, 0.2) is 24.5 Å². The van der Waals surface area contributed by atoms with Crippen molar-refractivity contribution in [2.75, 3.05) is 6.54 Å². The van der Waals surface area contributed by atoms with Gasteiger partial charge in [-0.3, -0.25) is 9.48 Å². The average molecular weight is 315 g/mol. The number of hydrogen-bond donors (Lipinski definition) is 0. The van der Waals surface area contributed by atoms with Gasteiger partial charge in [0.25, 0.3) is 0 Å². The second-order valence-electron chi connectivity index (χ2n) is 6.53. The van der Waals surface area contributed by atoms with Crippen molar-refractivity contribution in [3.8, 4) is 0 Å². The third-order valence-electron chi connectivity index (χ3n) is 4.88. The van der Waals surface area contributed by atoms with Gasteiger partial charge in [0.1, 0.15) is 0 Å². The summed E-state index contributed by atoms with van der Waals surface area (Å²) in [4.78, 5) is 17.7. The number of carbonyl (C=O) groups is 1. The summed E-state index contributed by atoms with van der Waals surface area (Å²) in [5, 5.41) is 4.26. The topological polar surface area (TPSA) is 38.1 Å². The van der Waals surface area contributed by atoms with Gasteiger partial charge >= 0.3 is 0 Å². The largest absolute Gasteiger partial charge is 0.335 e. The minimum atomic E-state index is 0.204. The van der Waals surface area contributed by atoms with E-state index in [1.165, 1.54) is 15.3 Å². The Labute approximate surface area is 134 Å². The first-order valence-corrected chi connectivity index (χ1v) is 8.80. The maximum atomic E-state index is 12.9. The maximum absolute atomic E-state index is 12.9. The van der Waals surface area contributed by atoms with Gasteiger partial charge in [0.05, 0.1) is 12.2 Å². The first-order valence-electron chi connectivity index (χ1n) is 7.99. The van der Waals surface area contributed by atoms with E-state index in [4.69, 9.17) is 0 Å². The molecule has 22 heavy (non-hydrogen) atoms. The number of amides is 1. The van der Waals surface area contributed by atoms with Crippen LogP contribution in [0.4, 0.5) is 0 Å². The molecule has 0 radical (unpaired) electrons. The fourth-order valence-electron chi connectivity index (χ4n) is 3.64. The molecule has 4 rings (SSSR count). The predicted octanol–water partition coefficient (Wildman–Crippen LogP) is 3.26. The highest BCUT2D eigenvalue weighted by Gasteiger charge is 2.48. The Morgan fingerprint density at radius 2 is 2.27 bits per heavy atom. The van der Waals surface area contributed by atoms with Crippen LogP contribution in [0.25, 0.3) is 0 Å². The van der Waals surface area contributed by atoms with Crippen LogP contribution in [0, 0.1) is 12.8 Å². The first-order chi connectivity index (χ1) is 10.6. The Morgan fingerprint density at radius 1 is 1.41 bits per heavy atom.